The van der Waals surface area contributed by atoms with Gasteiger partial charge in [0.15, 0.2) is 5.13 Å². The fourth-order valence-electron chi connectivity index (χ4n) is 2.78. The molecule has 0 saturated carbocycles. The lowest BCUT2D eigenvalue weighted by Crippen LogP contribution is -2.48. The molecule has 4 nitrogen and oxygen atoms in total. The molecule has 0 aliphatic carbocycles. The largest absolute Gasteiger partial charge is 0.345 e. The zero-order valence-electron chi connectivity index (χ0n) is 12.8. The van der Waals surface area contributed by atoms with Gasteiger partial charge in [0.25, 0.3) is 5.91 Å². The Hall–Kier alpha value is -1.41. The molecule has 1 fully saturated rings. The normalized spacial score (nSPS) is 15.2. The fraction of sp³-hybridized carbons (Fsp3) is 0.250. The Balaban J connectivity index is 1.47. The molecule has 25 heavy (non-hydrogen) atoms. The molecular formula is C16H12Cl2FN3OS2. The second-order valence-electron chi connectivity index (χ2n) is 5.63. The van der Waals surface area contributed by atoms with Crippen molar-refractivity contribution in [1.29, 1.82) is 0 Å². The Labute approximate surface area is 161 Å². The van der Waals surface area contributed by atoms with E-state index in [0.717, 1.165) is 15.3 Å². The Morgan fingerprint density at radius 3 is 2.56 bits per heavy atom. The highest BCUT2D eigenvalue weighted by molar-refractivity contribution is 7.22. The molecule has 1 aliphatic heterocycles. The number of thiophene rings is 1. The molecule has 130 valence electrons. The molecule has 0 N–H and O–H groups in total. The first-order valence-electron chi connectivity index (χ1n) is 7.56. The van der Waals surface area contributed by atoms with Crippen molar-refractivity contribution in [2.24, 2.45) is 0 Å². The summed E-state index contributed by atoms with van der Waals surface area (Å²) < 4.78 is 15.1. The van der Waals surface area contributed by atoms with Gasteiger partial charge in [-0.25, -0.2) is 9.37 Å². The molecule has 0 atom stereocenters. The molecule has 3 heterocycles. The Bertz CT molecular complexity index is 950. The molecular weight excluding hydrogens is 404 g/mol. The minimum atomic E-state index is -0.260. The van der Waals surface area contributed by atoms with Crippen LogP contribution in [0, 0.1) is 5.82 Å². The van der Waals surface area contributed by atoms with E-state index >= 15 is 0 Å². The van der Waals surface area contributed by atoms with Crippen molar-refractivity contribution in [3.05, 3.63) is 44.3 Å². The second kappa shape index (κ2) is 6.72. The number of hydrogen-bond donors (Lipinski definition) is 0. The number of nitrogens with zero attached hydrogens (tertiary/aromatic N) is 3. The number of fused-ring (bicyclic) bond motifs is 1. The second-order valence-corrected chi connectivity index (χ2v) is 8.92. The van der Waals surface area contributed by atoms with E-state index in [1.807, 2.05) is 0 Å². The lowest BCUT2D eigenvalue weighted by atomic mass is 10.2. The highest BCUT2D eigenvalue weighted by Gasteiger charge is 2.26. The number of benzene rings is 1. The van der Waals surface area contributed by atoms with Crippen LogP contribution in [-0.4, -0.2) is 42.0 Å². The van der Waals surface area contributed by atoms with Crippen LogP contribution < -0.4 is 4.90 Å². The van der Waals surface area contributed by atoms with Gasteiger partial charge in [-0.2, -0.15) is 0 Å². The van der Waals surface area contributed by atoms with E-state index in [1.54, 1.807) is 17.0 Å². The molecule has 4 rings (SSSR count). The van der Waals surface area contributed by atoms with Gasteiger partial charge in [0.2, 0.25) is 0 Å². The fourth-order valence-corrected chi connectivity index (χ4v) is 5.27. The van der Waals surface area contributed by atoms with E-state index in [-0.39, 0.29) is 11.7 Å². The minimum Gasteiger partial charge on any atom is -0.345 e. The summed E-state index contributed by atoms with van der Waals surface area (Å²) in [6.07, 6.45) is 0. The predicted octanol–water partition coefficient (Wildman–Crippen LogP) is 4.77. The summed E-state index contributed by atoms with van der Waals surface area (Å²) in [5.74, 6) is -0.358. The Morgan fingerprint density at radius 2 is 1.88 bits per heavy atom. The third-order valence-electron chi connectivity index (χ3n) is 4.06. The number of anilines is 1. The van der Waals surface area contributed by atoms with Gasteiger partial charge < -0.3 is 9.80 Å². The number of carbonyl (C=O) groups excluding carboxylic acids is 1. The third kappa shape index (κ3) is 3.33. The lowest BCUT2D eigenvalue weighted by molar-refractivity contribution is 0.0747. The minimum absolute atomic E-state index is 0.0980. The predicted molar refractivity (Wildman–Crippen MR) is 102 cm³/mol. The molecule has 9 heteroatoms. The zero-order chi connectivity index (χ0) is 17.6. The number of amides is 1. The Kier molecular flexibility index (Phi) is 4.58. The van der Waals surface area contributed by atoms with Gasteiger partial charge >= 0.3 is 0 Å². The number of hydrogen-bond acceptors (Lipinski definition) is 5. The van der Waals surface area contributed by atoms with Crippen molar-refractivity contribution in [2.75, 3.05) is 31.1 Å². The highest BCUT2D eigenvalue weighted by atomic mass is 35.5. The van der Waals surface area contributed by atoms with Crippen LogP contribution in [0.4, 0.5) is 9.52 Å². The van der Waals surface area contributed by atoms with Crippen LogP contribution in [-0.2, 0) is 0 Å². The van der Waals surface area contributed by atoms with Gasteiger partial charge in [-0.1, -0.05) is 34.5 Å². The van der Waals surface area contributed by atoms with Crippen molar-refractivity contribution in [1.82, 2.24) is 9.88 Å². The molecule has 3 aromatic rings. The first-order valence-corrected chi connectivity index (χ1v) is 9.95. The topological polar surface area (TPSA) is 36.4 Å². The highest BCUT2D eigenvalue weighted by Crippen LogP contribution is 2.33. The van der Waals surface area contributed by atoms with Crippen molar-refractivity contribution in [3.8, 4) is 0 Å². The number of thiazole rings is 1. The number of aromatic nitrogens is 1. The Morgan fingerprint density at radius 1 is 1.12 bits per heavy atom. The monoisotopic (exact) mass is 415 g/mol. The number of halogens is 3. The van der Waals surface area contributed by atoms with E-state index in [0.29, 0.717) is 40.4 Å². The van der Waals surface area contributed by atoms with Gasteiger partial charge in [0, 0.05) is 26.2 Å². The molecule has 0 spiro atoms. The first-order chi connectivity index (χ1) is 12.0. The molecule has 0 bridgehead atoms. The van der Waals surface area contributed by atoms with E-state index in [4.69, 9.17) is 23.2 Å². The maximum atomic E-state index is 13.3. The summed E-state index contributed by atoms with van der Waals surface area (Å²) in [6, 6.07) is 6.22. The van der Waals surface area contributed by atoms with Crippen molar-refractivity contribution in [2.45, 2.75) is 0 Å². The SMILES string of the molecule is O=C(c1cc(Cl)sc1Cl)N1CCN(c2nc3ccc(F)cc3s2)CC1. The lowest BCUT2D eigenvalue weighted by Gasteiger charge is -2.34. The van der Waals surface area contributed by atoms with Crippen LogP contribution in [0.15, 0.2) is 24.3 Å². The maximum absolute atomic E-state index is 13.3. The third-order valence-corrected chi connectivity index (χ3v) is 6.63. The van der Waals surface area contributed by atoms with Gasteiger partial charge in [0.1, 0.15) is 10.2 Å². The molecule has 1 aromatic carbocycles. The zero-order valence-corrected chi connectivity index (χ0v) is 16.0. The molecule has 0 radical (unpaired) electrons. The van der Waals surface area contributed by atoms with E-state index in [1.165, 1.54) is 34.8 Å². The number of piperazine rings is 1. The molecule has 1 aliphatic rings. The van der Waals surface area contributed by atoms with Crippen LogP contribution in [0.1, 0.15) is 10.4 Å². The number of rotatable bonds is 2. The van der Waals surface area contributed by atoms with Crippen LogP contribution in [0.3, 0.4) is 0 Å². The van der Waals surface area contributed by atoms with E-state index < -0.39 is 0 Å². The van der Waals surface area contributed by atoms with E-state index in [2.05, 4.69) is 9.88 Å². The van der Waals surface area contributed by atoms with Crippen molar-refractivity contribution < 1.29 is 9.18 Å². The summed E-state index contributed by atoms with van der Waals surface area (Å²) in [5.41, 5.74) is 1.25. The van der Waals surface area contributed by atoms with E-state index in [9.17, 15) is 9.18 Å². The molecule has 1 saturated heterocycles. The summed E-state index contributed by atoms with van der Waals surface area (Å²) >= 11 is 14.7. The molecule has 1 amide bonds. The summed E-state index contributed by atoms with van der Waals surface area (Å²) in [4.78, 5) is 21.0. The summed E-state index contributed by atoms with van der Waals surface area (Å²) in [5, 5.41) is 0.851. The van der Waals surface area contributed by atoms with Crippen LogP contribution in [0.25, 0.3) is 10.2 Å². The average Bonchev–Trinajstić information content (AvgIpc) is 3.16. The van der Waals surface area contributed by atoms with Gasteiger partial charge in [-0.05, 0) is 24.3 Å². The standard InChI is InChI=1S/C16H12Cl2FN3OS2/c17-13-8-10(14(18)25-13)15(23)21-3-5-22(6-4-21)16-20-11-2-1-9(19)7-12(11)24-16/h1-2,7-8H,3-6H2. The van der Waals surface area contributed by atoms with Crippen LogP contribution in [0.5, 0.6) is 0 Å². The summed E-state index contributed by atoms with van der Waals surface area (Å²) in [6.45, 7) is 2.49. The van der Waals surface area contributed by atoms with Gasteiger partial charge in [-0.3, -0.25) is 4.79 Å². The van der Waals surface area contributed by atoms with Gasteiger partial charge in [0.05, 0.1) is 20.1 Å². The number of carbonyl (C=O) groups is 1. The molecule has 0 unspecified atom stereocenters. The van der Waals surface area contributed by atoms with Crippen molar-refractivity contribution >= 4 is 67.1 Å². The molecule has 2 aromatic heterocycles. The van der Waals surface area contributed by atoms with Crippen LogP contribution in [0.2, 0.25) is 8.67 Å². The summed E-state index contributed by atoms with van der Waals surface area (Å²) in [7, 11) is 0. The first kappa shape index (κ1) is 17.0. The maximum Gasteiger partial charge on any atom is 0.256 e. The van der Waals surface area contributed by atoms with Crippen molar-refractivity contribution in [3.63, 3.8) is 0 Å². The quantitative estimate of drug-likeness (QED) is 0.604. The van der Waals surface area contributed by atoms with Gasteiger partial charge in [-0.15, -0.1) is 11.3 Å². The smallest absolute Gasteiger partial charge is 0.256 e. The average molecular weight is 416 g/mol. The van der Waals surface area contributed by atoms with Crippen LogP contribution >= 0.6 is 45.9 Å².